The van der Waals surface area contributed by atoms with E-state index in [1.165, 1.54) is 58.3 Å². The van der Waals surface area contributed by atoms with Crippen molar-refractivity contribution in [3.8, 4) is 0 Å². The maximum absolute atomic E-state index is 10.9. The molecule has 0 saturated heterocycles. The van der Waals surface area contributed by atoms with Crippen LogP contribution < -0.4 is 5.43 Å². The molecule has 0 aromatic carbocycles. The number of nitrogens with one attached hydrogen (secondary N) is 1. The minimum Gasteiger partial charge on any atom is -0.357 e. The Balaban J connectivity index is 0.000000922. The first-order valence-electron chi connectivity index (χ1n) is 8.38. The van der Waals surface area contributed by atoms with Crippen LogP contribution in [0.4, 0.5) is 0 Å². The highest BCUT2D eigenvalue weighted by Crippen LogP contribution is 2.10. The molecule has 0 spiro atoms. The summed E-state index contributed by atoms with van der Waals surface area (Å²) in [5, 5.41) is 1.83. The third-order valence-electron chi connectivity index (χ3n) is 3.39. The molecule has 0 saturated carbocycles. The number of hydrogen-bond donors (Lipinski definition) is 3. The Morgan fingerprint density at radius 2 is 1.54 bits per heavy atom. The molecule has 1 heterocycles. The lowest BCUT2D eigenvalue weighted by Gasteiger charge is -2.21. The van der Waals surface area contributed by atoms with Gasteiger partial charge in [-0.1, -0.05) is 51.9 Å². The zero-order valence-electron chi connectivity index (χ0n) is 14.6. The molecule has 0 atom stereocenters. The summed E-state index contributed by atoms with van der Waals surface area (Å²) in [6.07, 6.45) is 14.8. The maximum atomic E-state index is 10.9. The number of carbonyl (C=O) groups excluding carboxylic acids is 1. The fraction of sp³-hybridized carbons (Fsp3) is 0.800. The van der Waals surface area contributed by atoms with Gasteiger partial charge >= 0.3 is 10.4 Å². The second-order valence-electron chi connectivity index (χ2n) is 5.81. The number of amides is 1. The van der Waals surface area contributed by atoms with Crippen LogP contribution in [0.2, 0.25) is 0 Å². The number of rotatable bonds is 10. The third-order valence-corrected chi connectivity index (χ3v) is 3.39. The lowest BCUT2D eigenvalue weighted by molar-refractivity contribution is -0.122. The van der Waals surface area contributed by atoms with Crippen molar-refractivity contribution < 1.29 is 22.3 Å². The second kappa shape index (κ2) is 13.0. The highest BCUT2D eigenvalue weighted by molar-refractivity contribution is 7.79. The predicted octanol–water partition coefficient (Wildman–Crippen LogP) is 2.57. The third kappa shape index (κ3) is 17.0. The van der Waals surface area contributed by atoms with Crippen LogP contribution in [0.1, 0.15) is 65.2 Å². The highest BCUT2D eigenvalue weighted by atomic mass is 32.3. The fourth-order valence-corrected chi connectivity index (χ4v) is 2.33. The van der Waals surface area contributed by atoms with E-state index in [9.17, 15) is 4.79 Å². The van der Waals surface area contributed by atoms with Crippen molar-refractivity contribution >= 4 is 16.3 Å². The molecule has 0 radical (unpaired) electrons. The van der Waals surface area contributed by atoms with Crippen LogP contribution in [-0.2, 0) is 15.2 Å². The van der Waals surface area contributed by atoms with Crippen LogP contribution in [0.5, 0.6) is 0 Å². The molecule has 0 fully saturated rings. The Kier molecular flexibility index (Phi) is 12.3. The van der Waals surface area contributed by atoms with Crippen LogP contribution in [-0.4, -0.2) is 46.6 Å². The maximum Gasteiger partial charge on any atom is 0.394 e. The van der Waals surface area contributed by atoms with E-state index in [0.717, 1.165) is 13.2 Å². The van der Waals surface area contributed by atoms with E-state index in [0.29, 0.717) is 0 Å². The van der Waals surface area contributed by atoms with E-state index >= 15 is 0 Å². The van der Waals surface area contributed by atoms with E-state index in [2.05, 4.69) is 23.4 Å². The van der Waals surface area contributed by atoms with Crippen molar-refractivity contribution in [3.63, 3.8) is 0 Å². The molecular formula is C15H31N3O5S. The summed E-state index contributed by atoms with van der Waals surface area (Å²) < 4.78 is 31.6. The van der Waals surface area contributed by atoms with Gasteiger partial charge in [-0.25, -0.2) is 0 Å². The molecule has 1 aliphatic heterocycles. The van der Waals surface area contributed by atoms with Gasteiger partial charge in [-0.3, -0.25) is 24.3 Å². The summed E-state index contributed by atoms with van der Waals surface area (Å²) in [6.45, 7) is 5.65. The van der Waals surface area contributed by atoms with Crippen molar-refractivity contribution in [1.29, 1.82) is 0 Å². The summed E-state index contributed by atoms with van der Waals surface area (Å²) in [5.41, 5.74) is 2.77. The topological polar surface area (TPSA) is 110 Å². The van der Waals surface area contributed by atoms with Gasteiger partial charge in [-0.15, -0.1) is 0 Å². The van der Waals surface area contributed by atoms with Crippen LogP contribution in [0, 0.1) is 0 Å². The monoisotopic (exact) mass is 365 g/mol. The number of hydrazine groups is 1. The van der Waals surface area contributed by atoms with Gasteiger partial charge in [0.25, 0.3) is 0 Å². The first kappa shape index (κ1) is 22.7. The molecule has 24 heavy (non-hydrogen) atoms. The molecule has 1 amide bonds. The largest absolute Gasteiger partial charge is 0.394 e. The normalized spacial score (nSPS) is 13.7. The fourth-order valence-electron chi connectivity index (χ4n) is 2.33. The molecule has 0 bridgehead atoms. The zero-order chi connectivity index (χ0) is 18.4. The Morgan fingerprint density at radius 1 is 1.04 bits per heavy atom. The van der Waals surface area contributed by atoms with Gasteiger partial charge in [-0.05, 0) is 6.42 Å². The number of hydrogen-bond acceptors (Lipinski definition) is 5. The Bertz CT molecular complexity index is 460. The zero-order valence-corrected chi connectivity index (χ0v) is 15.5. The molecule has 0 unspecified atom stereocenters. The molecule has 3 N–H and O–H groups in total. The summed E-state index contributed by atoms with van der Waals surface area (Å²) in [5.74, 6) is -0.0152. The molecule has 8 nitrogen and oxygen atoms in total. The van der Waals surface area contributed by atoms with Crippen LogP contribution in [0.3, 0.4) is 0 Å². The average molecular weight is 365 g/mol. The lowest BCUT2D eigenvalue weighted by Crippen LogP contribution is -2.39. The average Bonchev–Trinajstić information content (AvgIpc) is 2.86. The minimum atomic E-state index is -4.67. The standard InChI is InChI=1S/C15H29N3O.H2O4S/c1-3-4-5-6-7-8-9-10-11-17-12-13-18(14-17)16-15(2)19;1-5(2,3)4/h12-13H,3-11,14H2,1-2H3,(H,16,19);(H2,1,2,3,4). The first-order chi connectivity index (χ1) is 11.2. The molecule has 0 aromatic rings. The van der Waals surface area contributed by atoms with E-state index in [4.69, 9.17) is 17.5 Å². The van der Waals surface area contributed by atoms with Crippen molar-refractivity contribution in [3.05, 3.63) is 12.4 Å². The predicted molar refractivity (Wildman–Crippen MR) is 93.2 cm³/mol. The summed E-state index contributed by atoms with van der Waals surface area (Å²) in [4.78, 5) is 13.2. The Morgan fingerprint density at radius 3 is 2.04 bits per heavy atom. The van der Waals surface area contributed by atoms with Gasteiger partial charge in [-0.2, -0.15) is 8.42 Å². The van der Waals surface area contributed by atoms with Gasteiger partial charge < -0.3 is 4.90 Å². The SMILES string of the molecule is CCCCCCCCCCN1C=CN(NC(C)=O)C1.O=S(=O)(O)O. The highest BCUT2D eigenvalue weighted by Gasteiger charge is 2.11. The minimum absolute atomic E-state index is 0.0152. The Hall–Kier alpha value is -1.32. The van der Waals surface area contributed by atoms with Crippen molar-refractivity contribution in [2.75, 3.05) is 13.2 Å². The molecule has 9 heteroatoms. The molecule has 0 aliphatic carbocycles. The first-order valence-corrected chi connectivity index (χ1v) is 9.78. The summed E-state index contributed by atoms with van der Waals surface area (Å²) >= 11 is 0. The van der Waals surface area contributed by atoms with Crippen molar-refractivity contribution in [2.45, 2.75) is 65.2 Å². The molecule has 0 aromatic heterocycles. The van der Waals surface area contributed by atoms with Crippen LogP contribution in [0.15, 0.2) is 12.4 Å². The quantitative estimate of drug-likeness (QED) is 0.403. The molecule has 1 aliphatic rings. The molecular weight excluding hydrogens is 334 g/mol. The van der Waals surface area contributed by atoms with Gasteiger partial charge in [0.15, 0.2) is 0 Å². The number of nitrogens with zero attached hydrogens (tertiary/aromatic N) is 2. The number of unbranched alkanes of at least 4 members (excludes halogenated alkanes) is 7. The van der Waals surface area contributed by atoms with E-state index in [1.54, 1.807) is 0 Å². The summed E-state index contributed by atoms with van der Waals surface area (Å²) in [6, 6.07) is 0. The van der Waals surface area contributed by atoms with E-state index in [-0.39, 0.29) is 5.91 Å². The van der Waals surface area contributed by atoms with Crippen LogP contribution >= 0.6 is 0 Å². The Labute approximate surface area is 145 Å². The number of carbonyl (C=O) groups is 1. The van der Waals surface area contributed by atoms with Crippen molar-refractivity contribution in [1.82, 2.24) is 15.3 Å². The van der Waals surface area contributed by atoms with E-state index in [1.807, 2.05) is 11.2 Å². The van der Waals surface area contributed by atoms with E-state index < -0.39 is 10.4 Å². The second-order valence-corrected chi connectivity index (χ2v) is 6.71. The van der Waals surface area contributed by atoms with Gasteiger partial charge in [0.05, 0.1) is 0 Å². The van der Waals surface area contributed by atoms with Gasteiger partial charge in [0.2, 0.25) is 5.91 Å². The smallest absolute Gasteiger partial charge is 0.357 e. The molecule has 1 rings (SSSR count). The van der Waals surface area contributed by atoms with Gasteiger partial charge in [0.1, 0.15) is 6.67 Å². The molecule has 142 valence electrons. The lowest BCUT2D eigenvalue weighted by atomic mass is 10.1. The van der Waals surface area contributed by atoms with Crippen LogP contribution in [0.25, 0.3) is 0 Å². The van der Waals surface area contributed by atoms with Gasteiger partial charge in [0, 0.05) is 25.9 Å². The summed E-state index contributed by atoms with van der Waals surface area (Å²) in [7, 11) is -4.67. The van der Waals surface area contributed by atoms with Crippen molar-refractivity contribution in [2.24, 2.45) is 0 Å².